The molecule has 0 aliphatic carbocycles. The van der Waals surface area contributed by atoms with Gasteiger partial charge in [0, 0.05) is 56.3 Å². The van der Waals surface area contributed by atoms with Crippen LogP contribution in [0.15, 0.2) is 53.8 Å². The van der Waals surface area contributed by atoms with Crippen LogP contribution < -0.4 is 25.4 Å². The lowest BCUT2D eigenvalue weighted by Gasteiger charge is -2.31. The summed E-state index contributed by atoms with van der Waals surface area (Å²) in [6.07, 6.45) is 6.49. The molecule has 1 aromatic heterocycles. The predicted molar refractivity (Wildman–Crippen MR) is 191 cm³/mol. The van der Waals surface area contributed by atoms with Crippen LogP contribution >= 0.6 is 11.6 Å². The van der Waals surface area contributed by atoms with E-state index in [1.54, 1.807) is 48.7 Å². The SMILES string of the molecule is COc1cc2ncnc(Nc3ccc(F)c(Cl)c3)c2cc1NC(=O)CC(CN1CCCCC1)Nc1cc(C#N)c(N=CN(C)C)cc1OC. The molecular formula is C35H39ClFN9O3. The normalized spacial score (nSPS) is 13.9. The van der Waals surface area contributed by atoms with Gasteiger partial charge in [0.2, 0.25) is 5.91 Å². The Bertz CT molecular complexity index is 1880. The Morgan fingerprint density at radius 1 is 1.10 bits per heavy atom. The van der Waals surface area contributed by atoms with E-state index >= 15 is 0 Å². The fraction of sp³-hybridized carbons (Fsp3) is 0.343. The molecule has 49 heavy (non-hydrogen) atoms. The zero-order chi connectivity index (χ0) is 34.9. The van der Waals surface area contributed by atoms with Gasteiger partial charge in [0.15, 0.2) is 0 Å². The minimum absolute atomic E-state index is 0.0269. The molecule has 1 saturated heterocycles. The second kappa shape index (κ2) is 16.3. The minimum Gasteiger partial charge on any atom is -0.495 e. The molecule has 3 N–H and O–H groups in total. The fourth-order valence-corrected chi connectivity index (χ4v) is 5.83. The summed E-state index contributed by atoms with van der Waals surface area (Å²) in [5.41, 5.74) is 2.98. The van der Waals surface area contributed by atoms with Crippen LogP contribution in [0, 0.1) is 17.1 Å². The maximum absolute atomic E-state index is 13.8. The van der Waals surface area contributed by atoms with Crippen LogP contribution in [0.2, 0.25) is 5.02 Å². The number of anilines is 4. The number of piperidine rings is 1. The average Bonchev–Trinajstić information content (AvgIpc) is 3.09. The number of benzene rings is 3. The molecule has 1 unspecified atom stereocenters. The van der Waals surface area contributed by atoms with E-state index in [2.05, 4.69) is 41.9 Å². The minimum atomic E-state index is -0.530. The van der Waals surface area contributed by atoms with Gasteiger partial charge in [-0.2, -0.15) is 5.26 Å². The van der Waals surface area contributed by atoms with Gasteiger partial charge in [-0.15, -0.1) is 0 Å². The number of nitrogens with one attached hydrogen (secondary N) is 3. The summed E-state index contributed by atoms with van der Waals surface area (Å²) in [5.74, 6) is 0.583. The second-order valence-corrected chi connectivity index (χ2v) is 12.3. The number of hydrogen-bond donors (Lipinski definition) is 3. The number of carbonyl (C=O) groups excluding carboxylic acids is 1. The van der Waals surface area contributed by atoms with Gasteiger partial charge >= 0.3 is 0 Å². The third-order valence-corrected chi connectivity index (χ3v) is 8.29. The molecule has 0 bridgehead atoms. The van der Waals surface area contributed by atoms with E-state index in [0.29, 0.717) is 63.1 Å². The summed E-state index contributed by atoms with van der Waals surface area (Å²) in [7, 11) is 6.77. The molecule has 1 fully saturated rings. The van der Waals surface area contributed by atoms with Crippen molar-refractivity contribution in [3.05, 3.63) is 65.2 Å². The molecule has 12 nitrogen and oxygen atoms in total. The summed E-state index contributed by atoms with van der Waals surface area (Å²) in [5, 5.41) is 20.1. The van der Waals surface area contributed by atoms with E-state index < -0.39 is 5.82 Å². The Balaban J connectivity index is 1.41. The first-order chi connectivity index (χ1) is 23.7. The number of halogens is 2. The van der Waals surface area contributed by atoms with Crippen molar-refractivity contribution in [2.45, 2.75) is 31.7 Å². The number of ether oxygens (including phenoxy) is 2. The van der Waals surface area contributed by atoms with Crippen molar-refractivity contribution in [3.63, 3.8) is 0 Å². The lowest BCUT2D eigenvalue weighted by Crippen LogP contribution is -2.41. The number of nitrogens with zero attached hydrogens (tertiary/aromatic N) is 6. The van der Waals surface area contributed by atoms with Crippen LogP contribution in [0.1, 0.15) is 31.2 Å². The highest BCUT2D eigenvalue weighted by Crippen LogP contribution is 2.35. The first kappa shape index (κ1) is 35.1. The molecule has 1 aliphatic heterocycles. The third kappa shape index (κ3) is 9.04. The molecule has 0 spiro atoms. The number of carbonyl (C=O) groups is 1. The van der Waals surface area contributed by atoms with Crippen molar-refractivity contribution in [2.24, 2.45) is 4.99 Å². The van der Waals surface area contributed by atoms with Crippen molar-refractivity contribution < 1.29 is 18.7 Å². The first-order valence-corrected chi connectivity index (χ1v) is 16.2. The van der Waals surface area contributed by atoms with Crippen LogP contribution in [0.3, 0.4) is 0 Å². The van der Waals surface area contributed by atoms with E-state index in [4.69, 9.17) is 21.1 Å². The zero-order valence-electron chi connectivity index (χ0n) is 27.9. The molecule has 1 amide bonds. The van der Waals surface area contributed by atoms with Gasteiger partial charge in [-0.3, -0.25) is 4.79 Å². The standard InChI is InChI=1S/C35H39ClFN9O3/c1-45(2)21-41-28-16-32(48-3)30(12-22(28)18-38)42-24(19-46-10-6-5-7-11-46)14-34(47)44-31-15-25-29(17-33(31)49-4)39-20-40-35(25)43-23-8-9-27(37)26(36)13-23/h8-9,12-13,15-17,20-21,24,42H,5-7,10-11,14,19H2,1-4H3,(H,44,47)(H,39,40,43). The van der Waals surface area contributed by atoms with Crippen molar-refractivity contribution >= 4 is 63.3 Å². The first-order valence-electron chi connectivity index (χ1n) is 15.8. The Morgan fingerprint density at radius 3 is 2.55 bits per heavy atom. The van der Waals surface area contributed by atoms with Crippen LogP contribution in [0.25, 0.3) is 10.9 Å². The summed E-state index contributed by atoms with van der Waals surface area (Å²) >= 11 is 5.99. The molecule has 3 aromatic carbocycles. The van der Waals surface area contributed by atoms with Crippen LogP contribution in [0.5, 0.6) is 11.5 Å². The number of nitriles is 1. The zero-order valence-corrected chi connectivity index (χ0v) is 28.6. The molecule has 5 rings (SSSR count). The summed E-state index contributed by atoms with van der Waals surface area (Å²) in [6, 6.07) is 13.0. The van der Waals surface area contributed by atoms with E-state index in [1.807, 2.05) is 14.1 Å². The number of fused-ring (bicyclic) bond motifs is 1. The van der Waals surface area contributed by atoms with Gasteiger partial charge in [-0.1, -0.05) is 18.0 Å². The molecule has 2 heterocycles. The number of methoxy groups -OCH3 is 2. The van der Waals surface area contributed by atoms with Gasteiger partial charge in [0.05, 0.1) is 53.7 Å². The number of aromatic nitrogens is 2. The maximum Gasteiger partial charge on any atom is 0.226 e. The van der Waals surface area contributed by atoms with Crippen molar-refractivity contribution in [1.82, 2.24) is 19.8 Å². The molecule has 1 aliphatic rings. The Hall–Kier alpha value is -5.19. The fourth-order valence-electron chi connectivity index (χ4n) is 5.65. The number of likely N-dealkylation sites (tertiary alicyclic amines) is 1. The Kier molecular flexibility index (Phi) is 11.7. The van der Waals surface area contributed by atoms with Gasteiger partial charge in [0.25, 0.3) is 0 Å². The maximum atomic E-state index is 13.8. The summed E-state index contributed by atoms with van der Waals surface area (Å²) in [4.78, 5) is 31.0. The molecule has 0 radical (unpaired) electrons. The lowest BCUT2D eigenvalue weighted by molar-refractivity contribution is -0.116. The highest BCUT2D eigenvalue weighted by Gasteiger charge is 2.23. The smallest absolute Gasteiger partial charge is 0.226 e. The number of hydrogen-bond acceptors (Lipinski definition) is 10. The van der Waals surface area contributed by atoms with Gasteiger partial charge in [0.1, 0.15) is 35.5 Å². The second-order valence-electron chi connectivity index (χ2n) is 11.9. The van der Waals surface area contributed by atoms with E-state index in [0.717, 1.165) is 25.9 Å². The molecule has 4 aromatic rings. The van der Waals surface area contributed by atoms with Crippen LogP contribution in [-0.2, 0) is 4.79 Å². The third-order valence-electron chi connectivity index (χ3n) is 8.00. The van der Waals surface area contributed by atoms with Crippen molar-refractivity contribution in [3.8, 4) is 17.6 Å². The van der Waals surface area contributed by atoms with E-state index in [9.17, 15) is 14.4 Å². The van der Waals surface area contributed by atoms with Gasteiger partial charge in [-0.25, -0.2) is 19.4 Å². The van der Waals surface area contributed by atoms with Crippen molar-refractivity contribution in [2.75, 3.05) is 63.9 Å². The molecule has 256 valence electrons. The predicted octanol–water partition coefficient (Wildman–Crippen LogP) is 6.57. The quantitative estimate of drug-likeness (QED) is 0.104. The average molecular weight is 688 g/mol. The summed E-state index contributed by atoms with van der Waals surface area (Å²) in [6.45, 7) is 2.48. The van der Waals surface area contributed by atoms with Crippen LogP contribution in [0.4, 0.5) is 33.0 Å². The van der Waals surface area contributed by atoms with Crippen LogP contribution in [-0.4, -0.2) is 86.0 Å². The molecular weight excluding hydrogens is 649 g/mol. The van der Waals surface area contributed by atoms with Gasteiger partial charge < -0.3 is 35.2 Å². The largest absolute Gasteiger partial charge is 0.495 e. The highest BCUT2D eigenvalue weighted by atomic mass is 35.5. The van der Waals surface area contributed by atoms with E-state index in [-0.39, 0.29) is 23.4 Å². The topological polar surface area (TPSA) is 140 Å². The van der Waals surface area contributed by atoms with Crippen molar-refractivity contribution in [1.29, 1.82) is 5.26 Å². The molecule has 0 saturated carbocycles. The number of amides is 1. The Morgan fingerprint density at radius 2 is 1.86 bits per heavy atom. The number of rotatable bonds is 13. The monoisotopic (exact) mass is 687 g/mol. The molecule has 1 atom stereocenters. The number of aliphatic imine (C=N–C) groups is 1. The molecule has 14 heteroatoms. The highest BCUT2D eigenvalue weighted by molar-refractivity contribution is 6.31. The van der Waals surface area contributed by atoms with E-state index in [1.165, 1.54) is 32.0 Å². The Labute approximate surface area is 289 Å². The lowest BCUT2D eigenvalue weighted by atomic mass is 10.1. The van der Waals surface area contributed by atoms with Gasteiger partial charge in [-0.05, 0) is 56.3 Å². The summed E-state index contributed by atoms with van der Waals surface area (Å²) < 4.78 is 25.1.